The second kappa shape index (κ2) is 5.25. The number of ether oxygens (including phenoxy) is 1. The molecule has 3 N–H and O–H groups in total. The Morgan fingerprint density at radius 2 is 2.10 bits per heavy atom. The number of fused-ring (bicyclic) bond motifs is 2. The molecule has 0 fully saturated rings. The fourth-order valence-corrected chi connectivity index (χ4v) is 3.19. The first-order chi connectivity index (χ1) is 9.96. The maximum Gasteiger partial charge on any atom is 0.151 e. The van der Waals surface area contributed by atoms with Gasteiger partial charge >= 0.3 is 0 Å². The lowest BCUT2D eigenvalue weighted by Gasteiger charge is -2.40. The molecule has 3 rings (SSSR count). The normalized spacial score (nSPS) is 21.2. The largest absolute Gasteiger partial charge is 0.455 e. The van der Waals surface area contributed by atoms with Crippen molar-refractivity contribution in [1.29, 1.82) is 0 Å². The van der Waals surface area contributed by atoms with Gasteiger partial charge in [0.25, 0.3) is 0 Å². The summed E-state index contributed by atoms with van der Waals surface area (Å²) < 4.78 is 6.77. The van der Waals surface area contributed by atoms with Gasteiger partial charge in [0.1, 0.15) is 10.9 Å². The molecular formula is C15H14BrClN2O2. The number of hydrogen-bond acceptors (Lipinski definition) is 4. The molecule has 1 aliphatic heterocycles. The molecule has 0 saturated heterocycles. The molecule has 0 amide bonds. The first kappa shape index (κ1) is 14.8. The maximum atomic E-state index is 9.66. The van der Waals surface area contributed by atoms with E-state index in [1.165, 1.54) is 0 Å². The molecule has 0 spiro atoms. The van der Waals surface area contributed by atoms with E-state index in [9.17, 15) is 5.11 Å². The van der Waals surface area contributed by atoms with Crippen molar-refractivity contribution >= 4 is 27.5 Å². The quantitative estimate of drug-likeness (QED) is 0.796. The van der Waals surface area contributed by atoms with Gasteiger partial charge in [-0.2, -0.15) is 0 Å². The smallest absolute Gasteiger partial charge is 0.151 e. The average molecular weight is 370 g/mol. The third-order valence-corrected chi connectivity index (χ3v) is 4.64. The summed E-state index contributed by atoms with van der Waals surface area (Å²) in [6.45, 7) is 1.84. The second-order valence-corrected chi connectivity index (χ2v) is 6.50. The van der Waals surface area contributed by atoms with E-state index in [1.807, 2.05) is 25.1 Å². The van der Waals surface area contributed by atoms with Gasteiger partial charge in [-0.25, -0.2) is 4.98 Å². The Kier molecular flexibility index (Phi) is 3.69. The van der Waals surface area contributed by atoms with Gasteiger partial charge in [0, 0.05) is 28.1 Å². The number of aliphatic hydroxyl groups is 1. The standard InChI is InChI=1S/C15H14BrClN2O2/c1-8(7-20)15(18)10-4-9(16)2-3-12(10)21-13-6-19-14(17)5-11(13)15/h2-6,8,20H,7,18H2,1H3. The van der Waals surface area contributed by atoms with Crippen molar-refractivity contribution in [2.24, 2.45) is 11.7 Å². The lowest BCUT2D eigenvalue weighted by atomic mass is 9.73. The molecule has 2 heterocycles. The molecule has 1 aromatic carbocycles. The molecule has 110 valence electrons. The first-order valence-corrected chi connectivity index (χ1v) is 7.67. The van der Waals surface area contributed by atoms with E-state index in [-0.39, 0.29) is 12.5 Å². The van der Waals surface area contributed by atoms with E-state index < -0.39 is 5.54 Å². The fraction of sp³-hybridized carbons (Fsp3) is 0.267. The van der Waals surface area contributed by atoms with Crippen LogP contribution in [0.15, 0.2) is 34.9 Å². The van der Waals surface area contributed by atoms with Gasteiger partial charge in [0.15, 0.2) is 5.75 Å². The minimum atomic E-state index is -0.895. The van der Waals surface area contributed by atoms with E-state index in [0.717, 1.165) is 15.6 Å². The van der Waals surface area contributed by atoms with Gasteiger partial charge in [-0.3, -0.25) is 0 Å². The van der Waals surface area contributed by atoms with Gasteiger partial charge in [0.2, 0.25) is 0 Å². The lowest BCUT2D eigenvalue weighted by Crippen LogP contribution is -2.47. The number of rotatable bonds is 2. The van der Waals surface area contributed by atoms with Crippen LogP contribution in [0.1, 0.15) is 18.1 Å². The van der Waals surface area contributed by atoms with E-state index >= 15 is 0 Å². The highest BCUT2D eigenvalue weighted by Crippen LogP contribution is 2.49. The monoisotopic (exact) mass is 368 g/mol. The number of aliphatic hydroxyl groups excluding tert-OH is 1. The summed E-state index contributed by atoms with van der Waals surface area (Å²) in [5.74, 6) is 1.02. The summed E-state index contributed by atoms with van der Waals surface area (Å²) in [6, 6.07) is 7.35. The topological polar surface area (TPSA) is 68.4 Å². The van der Waals surface area contributed by atoms with E-state index in [2.05, 4.69) is 20.9 Å². The Hall–Kier alpha value is -1.14. The molecule has 6 heteroatoms. The summed E-state index contributed by atoms with van der Waals surface area (Å²) in [7, 11) is 0. The van der Waals surface area contributed by atoms with Crippen LogP contribution in [-0.2, 0) is 5.54 Å². The Labute approximate surface area is 136 Å². The predicted octanol–water partition coefficient (Wildman–Crippen LogP) is 3.43. The Morgan fingerprint density at radius 1 is 1.38 bits per heavy atom. The number of halogens is 2. The van der Waals surface area contributed by atoms with Gasteiger partial charge in [0.05, 0.1) is 11.7 Å². The summed E-state index contributed by atoms with van der Waals surface area (Å²) in [5.41, 5.74) is 7.38. The highest BCUT2D eigenvalue weighted by atomic mass is 79.9. The third kappa shape index (κ3) is 2.25. The zero-order chi connectivity index (χ0) is 15.2. The van der Waals surface area contributed by atoms with Crippen molar-refractivity contribution in [3.05, 3.63) is 51.2 Å². The van der Waals surface area contributed by atoms with E-state index in [1.54, 1.807) is 12.3 Å². The number of nitrogens with zero attached hydrogens (tertiary/aromatic N) is 1. The fourth-order valence-electron chi connectivity index (χ4n) is 2.67. The van der Waals surface area contributed by atoms with Crippen LogP contribution in [0.4, 0.5) is 0 Å². The molecule has 1 aliphatic rings. The van der Waals surface area contributed by atoms with Crippen molar-refractivity contribution in [3.8, 4) is 11.5 Å². The zero-order valence-corrected chi connectivity index (χ0v) is 13.6. The molecular weight excluding hydrogens is 356 g/mol. The van der Waals surface area contributed by atoms with E-state index in [4.69, 9.17) is 22.1 Å². The van der Waals surface area contributed by atoms with Crippen molar-refractivity contribution in [1.82, 2.24) is 4.98 Å². The molecule has 0 aliphatic carbocycles. The highest BCUT2D eigenvalue weighted by molar-refractivity contribution is 9.10. The number of benzene rings is 1. The summed E-state index contributed by atoms with van der Waals surface area (Å²) in [5, 5.41) is 10.0. The molecule has 2 unspecified atom stereocenters. The van der Waals surface area contributed by atoms with Crippen LogP contribution in [-0.4, -0.2) is 16.7 Å². The summed E-state index contributed by atoms with van der Waals surface area (Å²) >= 11 is 9.47. The first-order valence-electron chi connectivity index (χ1n) is 6.50. The van der Waals surface area contributed by atoms with Crippen LogP contribution in [0.3, 0.4) is 0 Å². The van der Waals surface area contributed by atoms with Crippen LogP contribution in [0, 0.1) is 5.92 Å². The second-order valence-electron chi connectivity index (χ2n) is 5.20. The van der Waals surface area contributed by atoms with Crippen LogP contribution in [0.2, 0.25) is 5.15 Å². The molecule has 2 atom stereocenters. The van der Waals surface area contributed by atoms with E-state index in [0.29, 0.717) is 16.7 Å². The van der Waals surface area contributed by atoms with Crippen molar-refractivity contribution in [2.75, 3.05) is 6.61 Å². The third-order valence-electron chi connectivity index (χ3n) is 3.94. The minimum Gasteiger partial charge on any atom is -0.455 e. The average Bonchev–Trinajstić information content (AvgIpc) is 2.48. The van der Waals surface area contributed by atoms with Crippen LogP contribution in [0.5, 0.6) is 11.5 Å². The zero-order valence-electron chi connectivity index (χ0n) is 11.3. The minimum absolute atomic E-state index is 0.0537. The number of hydrogen-bond donors (Lipinski definition) is 2. The Balaban J connectivity index is 2.31. The lowest BCUT2D eigenvalue weighted by molar-refractivity contribution is 0.177. The molecule has 1 aromatic heterocycles. The van der Waals surface area contributed by atoms with Gasteiger partial charge in [-0.15, -0.1) is 0 Å². The van der Waals surface area contributed by atoms with Crippen molar-refractivity contribution in [3.63, 3.8) is 0 Å². The SMILES string of the molecule is CC(CO)C1(N)c2cc(Br)ccc2Oc2cnc(Cl)cc21. The summed E-state index contributed by atoms with van der Waals surface area (Å²) in [6.07, 6.45) is 1.56. The molecule has 0 saturated carbocycles. The van der Waals surface area contributed by atoms with Crippen molar-refractivity contribution < 1.29 is 9.84 Å². The highest BCUT2D eigenvalue weighted by Gasteiger charge is 2.43. The van der Waals surface area contributed by atoms with Gasteiger partial charge in [-0.1, -0.05) is 34.5 Å². The maximum absolute atomic E-state index is 9.66. The summed E-state index contributed by atoms with van der Waals surface area (Å²) in [4.78, 5) is 4.05. The molecule has 21 heavy (non-hydrogen) atoms. The molecule has 0 radical (unpaired) electrons. The number of pyridine rings is 1. The molecule has 4 nitrogen and oxygen atoms in total. The van der Waals surface area contributed by atoms with Crippen LogP contribution >= 0.6 is 27.5 Å². The van der Waals surface area contributed by atoms with Crippen LogP contribution < -0.4 is 10.5 Å². The number of nitrogens with two attached hydrogens (primary N) is 1. The van der Waals surface area contributed by atoms with Gasteiger partial charge in [-0.05, 0) is 24.3 Å². The Morgan fingerprint density at radius 3 is 2.81 bits per heavy atom. The number of aromatic nitrogens is 1. The van der Waals surface area contributed by atoms with Gasteiger partial charge < -0.3 is 15.6 Å². The predicted molar refractivity (Wildman–Crippen MR) is 84.7 cm³/mol. The van der Waals surface area contributed by atoms with Crippen LogP contribution in [0.25, 0.3) is 0 Å². The molecule has 0 bridgehead atoms. The molecule has 2 aromatic rings. The Bertz CT molecular complexity index is 657. The van der Waals surface area contributed by atoms with Crippen molar-refractivity contribution in [2.45, 2.75) is 12.5 Å².